The summed E-state index contributed by atoms with van der Waals surface area (Å²) >= 11 is 6.54. The number of halogens is 1. The number of anilines is 2. The van der Waals surface area contributed by atoms with Gasteiger partial charge < -0.3 is 10.2 Å². The number of likely N-dealkylation sites (N-methyl/N-ethyl adjacent to an activating group) is 1. The van der Waals surface area contributed by atoms with E-state index in [1.807, 2.05) is 19.2 Å². The molecule has 0 bridgehead atoms. The van der Waals surface area contributed by atoms with Crippen molar-refractivity contribution in [2.45, 2.75) is 45.2 Å². The number of likely N-dealkylation sites (tertiary alicyclic amines) is 1. The molecule has 1 N–H and O–H groups in total. The Kier molecular flexibility index (Phi) is 8.17. The number of allylic oxidation sites excluding steroid dienone is 1. The number of aromatic nitrogens is 1. The molecule has 1 aromatic heterocycles. The first-order valence-corrected chi connectivity index (χ1v) is 15.4. The van der Waals surface area contributed by atoms with E-state index in [4.69, 9.17) is 16.6 Å². The molecular weight excluding hydrogens is 540 g/mol. The maximum Gasteiger partial charge on any atom is 0.151 e. The zero-order valence-corrected chi connectivity index (χ0v) is 25.5. The highest BCUT2D eigenvalue weighted by Gasteiger charge is 2.28. The lowest BCUT2D eigenvalue weighted by Crippen LogP contribution is -2.31. The lowest BCUT2D eigenvalue weighted by molar-refractivity contribution is 0.112. The molecule has 5 nitrogen and oxygen atoms in total. The first-order chi connectivity index (χ1) is 20.3. The molecule has 1 saturated heterocycles. The molecule has 0 radical (unpaired) electrons. The van der Waals surface area contributed by atoms with E-state index in [1.54, 1.807) is 0 Å². The number of carbonyl (C=O) groups excluding carboxylic acids is 1. The van der Waals surface area contributed by atoms with E-state index in [-0.39, 0.29) is 0 Å². The molecule has 2 fully saturated rings. The molecule has 216 valence electrons. The molecule has 3 aromatic carbocycles. The molecule has 42 heavy (non-hydrogen) atoms. The maximum absolute atomic E-state index is 11.6. The zero-order chi connectivity index (χ0) is 29.4. The highest BCUT2D eigenvalue weighted by molar-refractivity contribution is 6.33. The fraction of sp³-hybridized carbons (Fsp3) is 0.333. The van der Waals surface area contributed by atoms with E-state index in [0.29, 0.717) is 22.5 Å². The van der Waals surface area contributed by atoms with Crippen LogP contribution < -0.4 is 5.32 Å². The van der Waals surface area contributed by atoms with Gasteiger partial charge in [-0.3, -0.25) is 14.7 Å². The van der Waals surface area contributed by atoms with Gasteiger partial charge in [0.15, 0.2) is 6.29 Å². The van der Waals surface area contributed by atoms with Crippen LogP contribution in [0.5, 0.6) is 0 Å². The van der Waals surface area contributed by atoms with Crippen LogP contribution in [-0.4, -0.2) is 54.3 Å². The lowest BCUT2D eigenvalue weighted by Gasteiger charge is -2.20. The van der Waals surface area contributed by atoms with Crippen LogP contribution >= 0.6 is 11.6 Å². The molecule has 1 aliphatic carbocycles. The van der Waals surface area contributed by atoms with Crippen molar-refractivity contribution in [2.75, 3.05) is 32.5 Å². The Morgan fingerprint density at radius 2 is 1.88 bits per heavy atom. The van der Waals surface area contributed by atoms with Gasteiger partial charge in [0.05, 0.1) is 16.2 Å². The molecule has 2 aliphatic rings. The Morgan fingerprint density at radius 3 is 2.55 bits per heavy atom. The van der Waals surface area contributed by atoms with Crippen LogP contribution in [0.3, 0.4) is 0 Å². The van der Waals surface area contributed by atoms with Crippen molar-refractivity contribution in [3.8, 4) is 11.1 Å². The van der Waals surface area contributed by atoms with Crippen molar-refractivity contribution in [3.05, 3.63) is 94.6 Å². The molecule has 1 atom stereocenters. The predicted octanol–water partition coefficient (Wildman–Crippen LogP) is 8.23. The summed E-state index contributed by atoms with van der Waals surface area (Å²) in [4.78, 5) is 21.4. The number of hydrogen-bond acceptors (Lipinski definition) is 5. The van der Waals surface area contributed by atoms with Crippen molar-refractivity contribution in [1.82, 2.24) is 14.8 Å². The highest BCUT2D eigenvalue weighted by Crippen LogP contribution is 2.45. The molecule has 6 heteroatoms. The fourth-order valence-electron chi connectivity index (χ4n) is 6.14. The second kappa shape index (κ2) is 12.0. The van der Waals surface area contributed by atoms with Crippen molar-refractivity contribution < 1.29 is 4.79 Å². The summed E-state index contributed by atoms with van der Waals surface area (Å²) in [6, 6.07) is 19.8. The molecule has 1 saturated carbocycles. The number of fused-ring (bicyclic) bond motifs is 1. The standard InChI is InChI=1S/C36H39ClN4O/c1-5-25-16-28(18-34(37)33(25)22-42)27-10-13-35-31(17-27)36(32(19-38-35)23(2)26-8-9-26)39-29-11-6-24(7-12-29)20-41-15-14-30(21-41)40(3)4/h6-7,10-13,16-19,22,26,30H,2,5,8-9,14-15,20-21H2,1,3-4H3,(H,38,39). The molecule has 0 amide bonds. The van der Waals surface area contributed by atoms with Crippen LogP contribution in [0.2, 0.25) is 5.02 Å². The third-order valence-electron chi connectivity index (χ3n) is 8.94. The van der Waals surface area contributed by atoms with Gasteiger partial charge in [0.1, 0.15) is 0 Å². The number of aryl methyl sites for hydroxylation is 1. The summed E-state index contributed by atoms with van der Waals surface area (Å²) in [5, 5.41) is 5.28. The maximum atomic E-state index is 11.6. The first-order valence-electron chi connectivity index (χ1n) is 15.0. The van der Waals surface area contributed by atoms with Crippen LogP contribution in [0, 0.1) is 5.92 Å². The summed E-state index contributed by atoms with van der Waals surface area (Å²) in [6.07, 6.45) is 7.14. The summed E-state index contributed by atoms with van der Waals surface area (Å²) in [5.74, 6) is 0.517. The van der Waals surface area contributed by atoms with Crippen molar-refractivity contribution in [1.29, 1.82) is 0 Å². The second-order valence-corrected chi connectivity index (χ2v) is 12.5. The quantitative estimate of drug-likeness (QED) is 0.192. The molecule has 0 spiro atoms. The van der Waals surface area contributed by atoms with Gasteiger partial charge in [-0.05, 0) is 104 Å². The van der Waals surface area contributed by atoms with Gasteiger partial charge in [-0.1, -0.05) is 49.4 Å². The van der Waals surface area contributed by atoms with Crippen LogP contribution in [-0.2, 0) is 13.0 Å². The Morgan fingerprint density at radius 1 is 1.10 bits per heavy atom. The Bertz CT molecular complexity index is 1640. The van der Waals surface area contributed by atoms with E-state index >= 15 is 0 Å². The van der Waals surface area contributed by atoms with Crippen molar-refractivity contribution in [2.24, 2.45) is 5.92 Å². The minimum Gasteiger partial charge on any atom is -0.354 e. The highest BCUT2D eigenvalue weighted by atomic mass is 35.5. The van der Waals surface area contributed by atoms with Gasteiger partial charge in [0.25, 0.3) is 0 Å². The SMILES string of the molecule is C=C(c1cnc2ccc(-c3cc(Cl)c(C=O)c(CC)c3)cc2c1Nc1ccc(CN2CCC(N(C)C)C2)cc1)C1CC1. The smallest absolute Gasteiger partial charge is 0.151 e. The molecular formula is C36H39ClN4O. The van der Waals surface area contributed by atoms with Crippen molar-refractivity contribution in [3.63, 3.8) is 0 Å². The fourth-order valence-corrected chi connectivity index (χ4v) is 6.42. The Labute approximate surface area is 254 Å². The molecule has 4 aromatic rings. The van der Waals surface area contributed by atoms with Crippen LogP contribution in [0.4, 0.5) is 11.4 Å². The number of benzene rings is 3. The number of rotatable bonds is 10. The number of carbonyl (C=O) groups is 1. The summed E-state index contributed by atoms with van der Waals surface area (Å²) in [6.45, 7) is 9.76. The van der Waals surface area contributed by atoms with Gasteiger partial charge in [-0.15, -0.1) is 0 Å². The Hall–Kier alpha value is -3.51. The summed E-state index contributed by atoms with van der Waals surface area (Å²) < 4.78 is 0. The van der Waals surface area contributed by atoms with Gasteiger partial charge in [-0.25, -0.2) is 0 Å². The van der Waals surface area contributed by atoms with Gasteiger partial charge in [0, 0.05) is 54.1 Å². The van der Waals surface area contributed by atoms with E-state index in [2.05, 4.69) is 84.3 Å². The average Bonchev–Trinajstić information content (AvgIpc) is 3.75. The van der Waals surface area contributed by atoms with E-state index < -0.39 is 0 Å². The molecule has 6 rings (SSSR count). The van der Waals surface area contributed by atoms with Gasteiger partial charge in [-0.2, -0.15) is 0 Å². The second-order valence-electron chi connectivity index (χ2n) is 12.0. The largest absolute Gasteiger partial charge is 0.354 e. The minimum absolute atomic E-state index is 0.484. The average molecular weight is 579 g/mol. The number of nitrogens with one attached hydrogen (secondary N) is 1. The normalized spacial score (nSPS) is 17.2. The van der Waals surface area contributed by atoms with Crippen LogP contribution in [0.25, 0.3) is 27.6 Å². The van der Waals surface area contributed by atoms with E-state index in [1.165, 1.54) is 24.8 Å². The third kappa shape index (κ3) is 5.87. The molecule has 1 unspecified atom stereocenters. The third-order valence-corrected chi connectivity index (χ3v) is 9.25. The van der Waals surface area contributed by atoms with Crippen molar-refractivity contribution >= 4 is 45.7 Å². The summed E-state index contributed by atoms with van der Waals surface area (Å²) in [5.41, 5.74) is 10.1. The number of aldehydes is 1. The molecule has 1 aliphatic heterocycles. The Balaban J connectivity index is 1.34. The predicted molar refractivity (Wildman–Crippen MR) is 176 cm³/mol. The number of pyridine rings is 1. The van der Waals surface area contributed by atoms with Crippen LogP contribution in [0.15, 0.2) is 67.4 Å². The number of hydrogen-bond donors (Lipinski definition) is 1. The van der Waals surface area contributed by atoms with Crippen LogP contribution in [0.1, 0.15) is 53.2 Å². The number of nitrogens with zero attached hydrogens (tertiary/aromatic N) is 3. The zero-order valence-electron chi connectivity index (χ0n) is 24.8. The topological polar surface area (TPSA) is 48.5 Å². The minimum atomic E-state index is 0.484. The summed E-state index contributed by atoms with van der Waals surface area (Å²) in [7, 11) is 4.35. The monoisotopic (exact) mass is 578 g/mol. The van der Waals surface area contributed by atoms with E-state index in [0.717, 1.165) is 82.4 Å². The molecule has 2 heterocycles. The van der Waals surface area contributed by atoms with Gasteiger partial charge in [0.2, 0.25) is 0 Å². The first kappa shape index (κ1) is 28.6. The lowest BCUT2D eigenvalue weighted by atomic mass is 9.95. The van der Waals surface area contributed by atoms with E-state index in [9.17, 15) is 4.79 Å². The van der Waals surface area contributed by atoms with Gasteiger partial charge >= 0.3 is 0 Å².